The van der Waals surface area contributed by atoms with Crippen molar-refractivity contribution in [1.29, 1.82) is 0 Å². The van der Waals surface area contributed by atoms with Crippen LogP contribution in [0.4, 0.5) is 5.95 Å². The number of nitrogen functional groups attached to an aromatic ring is 1. The predicted molar refractivity (Wildman–Crippen MR) is 76.5 cm³/mol. The van der Waals surface area contributed by atoms with Gasteiger partial charge in [-0.3, -0.25) is 0 Å². The van der Waals surface area contributed by atoms with Crippen molar-refractivity contribution in [2.24, 2.45) is 5.41 Å². The number of fused-ring (bicyclic) bond motifs is 1. The third kappa shape index (κ3) is 2.64. The van der Waals surface area contributed by atoms with Crippen LogP contribution in [0.1, 0.15) is 13.8 Å². The highest BCUT2D eigenvalue weighted by atomic mass is 15.2. The number of hydrogen-bond donors (Lipinski definition) is 1. The molecule has 18 heavy (non-hydrogen) atoms. The molecule has 0 aliphatic carbocycles. The first-order chi connectivity index (χ1) is 8.39. The quantitative estimate of drug-likeness (QED) is 0.899. The lowest BCUT2D eigenvalue weighted by atomic mass is 9.93. The third-order valence-corrected chi connectivity index (χ3v) is 3.01. The van der Waals surface area contributed by atoms with E-state index in [-0.39, 0.29) is 5.41 Å². The van der Waals surface area contributed by atoms with E-state index in [0.29, 0.717) is 5.95 Å². The highest BCUT2D eigenvalue weighted by Gasteiger charge is 2.22. The molecule has 0 saturated carbocycles. The summed E-state index contributed by atoms with van der Waals surface area (Å²) in [6, 6.07) is 8.09. The molecule has 98 valence electrons. The monoisotopic (exact) mass is 246 g/mol. The molecule has 2 aromatic rings. The van der Waals surface area contributed by atoms with Crippen molar-refractivity contribution < 1.29 is 0 Å². The molecule has 1 aromatic carbocycles. The largest absolute Gasteiger partial charge is 0.369 e. The van der Waals surface area contributed by atoms with Gasteiger partial charge in [0.1, 0.15) is 0 Å². The van der Waals surface area contributed by atoms with Gasteiger partial charge in [0.25, 0.3) is 0 Å². The van der Waals surface area contributed by atoms with Gasteiger partial charge in [0.05, 0.1) is 11.0 Å². The highest BCUT2D eigenvalue weighted by Crippen LogP contribution is 2.25. The van der Waals surface area contributed by atoms with Crippen LogP contribution in [0.15, 0.2) is 24.3 Å². The summed E-state index contributed by atoms with van der Waals surface area (Å²) in [6.45, 7) is 6.39. The van der Waals surface area contributed by atoms with Gasteiger partial charge in [-0.2, -0.15) is 0 Å². The third-order valence-electron chi connectivity index (χ3n) is 3.01. The Labute approximate surface area is 108 Å². The summed E-state index contributed by atoms with van der Waals surface area (Å²) in [7, 11) is 4.19. The second-order valence-corrected chi connectivity index (χ2v) is 5.95. The lowest BCUT2D eigenvalue weighted by Crippen LogP contribution is -2.32. The van der Waals surface area contributed by atoms with E-state index in [9.17, 15) is 0 Å². The Morgan fingerprint density at radius 2 is 1.94 bits per heavy atom. The number of anilines is 1. The van der Waals surface area contributed by atoms with Crippen molar-refractivity contribution in [3.05, 3.63) is 24.3 Å². The van der Waals surface area contributed by atoms with Gasteiger partial charge in [-0.15, -0.1) is 0 Å². The van der Waals surface area contributed by atoms with Crippen molar-refractivity contribution >= 4 is 17.0 Å². The molecule has 0 radical (unpaired) electrons. The lowest BCUT2D eigenvalue weighted by molar-refractivity contribution is 0.214. The van der Waals surface area contributed by atoms with Crippen LogP contribution >= 0.6 is 0 Å². The number of nitrogens with two attached hydrogens (primary N) is 1. The molecule has 0 aliphatic rings. The van der Waals surface area contributed by atoms with Crippen LogP contribution < -0.4 is 5.73 Å². The summed E-state index contributed by atoms with van der Waals surface area (Å²) in [5.74, 6) is 0.600. The first kappa shape index (κ1) is 12.9. The van der Waals surface area contributed by atoms with Gasteiger partial charge in [0, 0.05) is 13.1 Å². The Morgan fingerprint density at radius 1 is 1.28 bits per heavy atom. The van der Waals surface area contributed by atoms with Crippen LogP contribution in [0.2, 0.25) is 0 Å². The Bertz CT molecular complexity index is 540. The fourth-order valence-electron chi connectivity index (χ4n) is 2.59. The van der Waals surface area contributed by atoms with Gasteiger partial charge in [-0.25, -0.2) is 4.98 Å². The van der Waals surface area contributed by atoms with E-state index >= 15 is 0 Å². The minimum absolute atomic E-state index is 0.154. The Balaban J connectivity index is 2.34. The van der Waals surface area contributed by atoms with E-state index in [1.54, 1.807) is 0 Å². The number of benzene rings is 1. The van der Waals surface area contributed by atoms with Crippen molar-refractivity contribution in [1.82, 2.24) is 14.5 Å². The van der Waals surface area contributed by atoms with E-state index < -0.39 is 0 Å². The second kappa shape index (κ2) is 4.61. The first-order valence-electron chi connectivity index (χ1n) is 6.24. The van der Waals surface area contributed by atoms with E-state index in [4.69, 9.17) is 5.73 Å². The molecular formula is C14H22N4. The molecule has 0 amide bonds. The summed E-state index contributed by atoms with van der Waals surface area (Å²) < 4.78 is 2.11. The van der Waals surface area contributed by atoms with Gasteiger partial charge in [-0.1, -0.05) is 26.0 Å². The van der Waals surface area contributed by atoms with E-state index in [2.05, 4.69) is 48.5 Å². The molecule has 1 aromatic heterocycles. The normalized spacial score (nSPS) is 12.5. The van der Waals surface area contributed by atoms with Gasteiger partial charge in [0.15, 0.2) is 0 Å². The predicted octanol–water partition coefficient (Wildman–Crippen LogP) is 2.21. The average Bonchev–Trinajstić information content (AvgIpc) is 2.53. The van der Waals surface area contributed by atoms with Crippen molar-refractivity contribution in [3.8, 4) is 0 Å². The number of para-hydroxylation sites is 2. The average molecular weight is 246 g/mol. The smallest absolute Gasteiger partial charge is 0.201 e. The molecule has 0 atom stereocenters. The van der Waals surface area contributed by atoms with Crippen LogP contribution in [0.5, 0.6) is 0 Å². The summed E-state index contributed by atoms with van der Waals surface area (Å²) >= 11 is 0. The number of aromatic nitrogens is 2. The molecule has 0 aliphatic heterocycles. The fourth-order valence-corrected chi connectivity index (χ4v) is 2.59. The van der Waals surface area contributed by atoms with Crippen LogP contribution in [0.25, 0.3) is 11.0 Å². The molecule has 0 bridgehead atoms. The molecule has 0 unspecified atom stereocenters. The standard InChI is InChI=1S/C14H22N4/c1-14(2,9-17(3)4)10-18-12-8-6-5-7-11(12)16-13(18)15/h5-8H,9-10H2,1-4H3,(H2,15,16). The molecule has 4 heteroatoms. The molecule has 0 spiro atoms. The fraction of sp³-hybridized carbons (Fsp3) is 0.500. The molecule has 4 nitrogen and oxygen atoms in total. The lowest BCUT2D eigenvalue weighted by Gasteiger charge is -2.29. The Morgan fingerprint density at radius 3 is 2.61 bits per heavy atom. The van der Waals surface area contributed by atoms with E-state index in [1.165, 1.54) is 0 Å². The van der Waals surface area contributed by atoms with E-state index in [0.717, 1.165) is 24.1 Å². The molecule has 0 saturated heterocycles. The number of imidazole rings is 1. The zero-order chi connectivity index (χ0) is 13.3. The van der Waals surface area contributed by atoms with Crippen LogP contribution in [-0.4, -0.2) is 35.1 Å². The minimum atomic E-state index is 0.154. The minimum Gasteiger partial charge on any atom is -0.369 e. The summed E-state index contributed by atoms with van der Waals surface area (Å²) in [6.07, 6.45) is 0. The number of hydrogen-bond acceptors (Lipinski definition) is 3. The maximum atomic E-state index is 6.03. The van der Waals surface area contributed by atoms with Crippen molar-refractivity contribution in [2.45, 2.75) is 20.4 Å². The molecule has 2 rings (SSSR count). The van der Waals surface area contributed by atoms with Crippen LogP contribution in [0.3, 0.4) is 0 Å². The molecule has 2 N–H and O–H groups in total. The molecular weight excluding hydrogens is 224 g/mol. The summed E-state index contributed by atoms with van der Waals surface area (Å²) in [5, 5.41) is 0. The zero-order valence-electron chi connectivity index (χ0n) is 11.6. The van der Waals surface area contributed by atoms with Crippen molar-refractivity contribution in [2.75, 3.05) is 26.4 Å². The number of rotatable bonds is 4. The Kier molecular flexibility index (Phi) is 3.30. The second-order valence-electron chi connectivity index (χ2n) is 5.95. The maximum Gasteiger partial charge on any atom is 0.201 e. The summed E-state index contributed by atoms with van der Waals surface area (Å²) in [4.78, 5) is 6.61. The first-order valence-corrected chi connectivity index (χ1v) is 6.24. The van der Waals surface area contributed by atoms with Crippen LogP contribution in [0, 0.1) is 5.41 Å². The Hall–Kier alpha value is -1.55. The molecule has 1 heterocycles. The van der Waals surface area contributed by atoms with Crippen LogP contribution in [-0.2, 0) is 6.54 Å². The summed E-state index contributed by atoms with van der Waals surface area (Å²) in [5.41, 5.74) is 8.26. The molecule has 0 fully saturated rings. The highest BCUT2D eigenvalue weighted by molar-refractivity contribution is 5.78. The van der Waals surface area contributed by atoms with Gasteiger partial charge >= 0.3 is 0 Å². The van der Waals surface area contributed by atoms with E-state index in [1.807, 2.05) is 18.2 Å². The zero-order valence-corrected chi connectivity index (χ0v) is 11.6. The van der Waals surface area contributed by atoms with Gasteiger partial charge in [0.2, 0.25) is 5.95 Å². The topological polar surface area (TPSA) is 47.1 Å². The van der Waals surface area contributed by atoms with Crippen molar-refractivity contribution in [3.63, 3.8) is 0 Å². The number of nitrogens with zero attached hydrogens (tertiary/aromatic N) is 3. The maximum absolute atomic E-state index is 6.03. The van der Waals surface area contributed by atoms with Gasteiger partial charge in [-0.05, 0) is 31.6 Å². The SMILES string of the molecule is CN(C)CC(C)(C)Cn1c(N)nc2ccccc21. The van der Waals surface area contributed by atoms with Gasteiger partial charge < -0.3 is 15.2 Å².